The van der Waals surface area contributed by atoms with Crippen molar-refractivity contribution in [1.82, 2.24) is 9.80 Å². The quantitative estimate of drug-likeness (QED) is 0.571. The van der Waals surface area contributed by atoms with Crippen molar-refractivity contribution in [3.8, 4) is 0 Å². The summed E-state index contributed by atoms with van der Waals surface area (Å²) in [6.45, 7) is 1.85. The molecule has 4 rings (SSSR count). The highest BCUT2D eigenvalue weighted by atomic mass is 35.5. The molecule has 2 aromatic carbocycles. The number of fused-ring (bicyclic) bond motifs is 1. The molecule has 5 nitrogen and oxygen atoms in total. The van der Waals surface area contributed by atoms with Gasteiger partial charge in [0.05, 0.1) is 13.1 Å². The summed E-state index contributed by atoms with van der Waals surface area (Å²) < 4.78 is 5.95. The molecule has 154 valence electrons. The van der Waals surface area contributed by atoms with Crippen LogP contribution in [-0.4, -0.2) is 42.1 Å². The van der Waals surface area contributed by atoms with E-state index in [2.05, 4.69) is 11.0 Å². The maximum Gasteiger partial charge on any atom is 0.254 e. The van der Waals surface area contributed by atoms with Crippen LogP contribution in [0.25, 0.3) is 0 Å². The van der Waals surface area contributed by atoms with Crippen LogP contribution in [-0.2, 0) is 19.5 Å². The Kier molecular flexibility index (Phi) is 5.75. The summed E-state index contributed by atoms with van der Waals surface area (Å²) in [6.07, 6.45) is 0.781. The van der Waals surface area contributed by atoms with E-state index in [9.17, 15) is 9.59 Å². The topological polar surface area (TPSA) is 53.8 Å². The van der Waals surface area contributed by atoms with E-state index in [1.165, 1.54) is 5.56 Å². The number of amides is 1. The highest BCUT2D eigenvalue weighted by Crippen LogP contribution is 2.25. The Bertz CT molecular complexity index is 1090. The monoisotopic (exact) mass is 422 g/mol. The number of carbonyl (C=O) groups excluding carboxylic acids is 2. The second-order valence-electron chi connectivity index (χ2n) is 7.79. The molecule has 0 bridgehead atoms. The maximum atomic E-state index is 13.0. The van der Waals surface area contributed by atoms with Crippen LogP contribution in [0.1, 0.15) is 43.4 Å². The number of rotatable bonds is 5. The predicted molar refractivity (Wildman–Crippen MR) is 116 cm³/mol. The summed E-state index contributed by atoms with van der Waals surface area (Å²) in [6, 6.07) is 15.7. The molecule has 1 aliphatic rings. The fourth-order valence-electron chi connectivity index (χ4n) is 3.69. The Morgan fingerprint density at radius 3 is 2.47 bits per heavy atom. The van der Waals surface area contributed by atoms with Crippen LogP contribution in [0, 0.1) is 0 Å². The smallest absolute Gasteiger partial charge is 0.254 e. The lowest BCUT2D eigenvalue weighted by Crippen LogP contribution is -2.35. The number of carbonyl (C=O) groups is 2. The minimum absolute atomic E-state index is 0.0621. The third-order valence-corrected chi connectivity index (χ3v) is 5.41. The standard InChI is InChI=1S/C24H23ClN2O3/c1-26(2)14-21-13-18-10-11-27(15-22(18)30-21)24(29)17-8-6-16(7-9-17)23(28)19-4-3-5-20(25)12-19/h3-9,12-13H,10-11,14-15H2,1-2H3. The van der Waals surface area contributed by atoms with E-state index < -0.39 is 0 Å². The zero-order valence-electron chi connectivity index (χ0n) is 17.0. The van der Waals surface area contributed by atoms with Gasteiger partial charge in [0.15, 0.2) is 5.78 Å². The molecule has 30 heavy (non-hydrogen) atoms. The molecule has 6 heteroatoms. The molecule has 0 radical (unpaired) electrons. The van der Waals surface area contributed by atoms with Crippen LogP contribution in [0.4, 0.5) is 0 Å². The third kappa shape index (κ3) is 4.32. The third-order valence-electron chi connectivity index (χ3n) is 5.17. The van der Waals surface area contributed by atoms with E-state index in [1.807, 2.05) is 14.1 Å². The Morgan fingerprint density at radius 1 is 1.03 bits per heavy atom. The minimum atomic E-state index is -0.122. The highest BCUT2D eigenvalue weighted by Gasteiger charge is 2.25. The Morgan fingerprint density at radius 2 is 1.77 bits per heavy atom. The van der Waals surface area contributed by atoms with Crippen LogP contribution in [0.3, 0.4) is 0 Å². The summed E-state index contributed by atoms with van der Waals surface area (Å²) in [5.74, 6) is 1.60. The van der Waals surface area contributed by atoms with Crippen molar-refractivity contribution < 1.29 is 14.0 Å². The molecule has 2 heterocycles. The Balaban J connectivity index is 1.46. The molecule has 1 aliphatic heterocycles. The summed E-state index contributed by atoms with van der Waals surface area (Å²) >= 11 is 5.98. The molecule has 0 saturated heterocycles. The molecule has 0 fully saturated rings. The molecular weight excluding hydrogens is 400 g/mol. The van der Waals surface area contributed by atoms with Crippen molar-refractivity contribution in [2.24, 2.45) is 0 Å². The first-order chi connectivity index (χ1) is 14.4. The molecule has 0 N–H and O–H groups in total. The number of benzene rings is 2. The lowest BCUT2D eigenvalue weighted by atomic mass is 10.0. The predicted octanol–water partition coefficient (Wildman–Crippen LogP) is 4.42. The van der Waals surface area contributed by atoms with Crippen LogP contribution >= 0.6 is 11.6 Å². The Hall–Kier alpha value is -2.89. The van der Waals surface area contributed by atoms with Gasteiger partial charge in [-0.25, -0.2) is 0 Å². The molecule has 0 unspecified atom stereocenters. The molecule has 1 amide bonds. The highest BCUT2D eigenvalue weighted by molar-refractivity contribution is 6.31. The van der Waals surface area contributed by atoms with Crippen LogP contribution < -0.4 is 0 Å². The van der Waals surface area contributed by atoms with Gasteiger partial charge in [-0.05, 0) is 56.4 Å². The van der Waals surface area contributed by atoms with Gasteiger partial charge in [0.2, 0.25) is 0 Å². The fourth-order valence-corrected chi connectivity index (χ4v) is 3.88. The number of hydrogen-bond donors (Lipinski definition) is 0. The van der Waals surface area contributed by atoms with E-state index in [4.69, 9.17) is 16.0 Å². The van der Waals surface area contributed by atoms with Gasteiger partial charge in [-0.1, -0.05) is 35.9 Å². The van der Waals surface area contributed by atoms with E-state index >= 15 is 0 Å². The zero-order valence-corrected chi connectivity index (χ0v) is 17.8. The van der Waals surface area contributed by atoms with E-state index in [0.717, 1.165) is 24.5 Å². The van der Waals surface area contributed by atoms with E-state index in [0.29, 0.717) is 34.8 Å². The maximum absolute atomic E-state index is 13.0. The molecular formula is C24H23ClN2O3. The normalized spacial score (nSPS) is 13.4. The van der Waals surface area contributed by atoms with Gasteiger partial charge in [0.1, 0.15) is 11.5 Å². The average molecular weight is 423 g/mol. The van der Waals surface area contributed by atoms with Crippen molar-refractivity contribution in [3.05, 3.63) is 93.4 Å². The summed E-state index contributed by atoms with van der Waals surface area (Å²) in [4.78, 5) is 29.4. The number of nitrogens with zero attached hydrogens (tertiary/aromatic N) is 2. The molecule has 1 aromatic heterocycles. The van der Waals surface area contributed by atoms with Crippen molar-refractivity contribution in [2.45, 2.75) is 19.5 Å². The summed E-state index contributed by atoms with van der Waals surface area (Å²) in [5, 5.41) is 0.517. The summed E-state index contributed by atoms with van der Waals surface area (Å²) in [7, 11) is 4.00. The van der Waals surface area contributed by atoms with E-state index in [-0.39, 0.29) is 11.7 Å². The minimum Gasteiger partial charge on any atom is -0.463 e. The first kappa shape index (κ1) is 20.4. The summed E-state index contributed by atoms with van der Waals surface area (Å²) in [5.41, 5.74) is 2.78. The lowest BCUT2D eigenvalue weighted by molar-refractivity contribution is 0.0718. The van der Waals surface area contributed by atoms with Crippen molar-refractivity contribution in [1.29, 1.82) is 0 Å². The van der Waals surface area contributed by atoms with Crippen molar-refractivity contribution in [3.63, 3.8) is 0 Å². The van der Waals surface area contributed by atoms with Gasteiger partial charge in [-0.15, -0.1) is 0 Å². The van der Waals surface area contributed by atoms with Gasteiger partial charge >= 0.3 is 0 Å². The number of hydrogen-bond acceptors (Lipinski definition) is 4. The first-order valence-corrected chi connectivity index (χ1v) is 10.2. The lowest BCUT2D eigenvalue weighted by Gasteiger charge is -2.26. The van der Waals surface area contributed by atoms with Gasteiger partial charge in [0.25, 0.3) is 5.91 Å². The van der Waals surface area contributed by atoms with Gasteiger partial charge in [-0.3, -0.25) is 9.59 Å². The molecule has 0 saturated carbocycles. The van der Waals surface area contributed by atoms with E-state index in [1.54, 1.807) is 53.4 Å². The van der Waals surface area contributed by atoms with Gasteiger partial charge < -0.3 is 14.2 Å². The molecule has 0 atom stereocenters. The number of furan rings is 1. The SMILES string of the molecule is CN(C)Cc1cc2c(o1)CN(C(=O)c1ccc(C(=O)c3cccc(Cl)c3)cc1)CC2. The average Bonchev–Trinajstić information content (AvgIpc) is 3.13. The molecule has 0 spiro atoms. The second-order valence-corrected chi connectivity index (χ2v) is 8.23. The molecule has 3 aromatic rings. The number of halogens is 1. The van der Waals surface area contributed by atoms with Crippen LogP contribution in [0.15, 0.2) is 59.0 Å². The van der Waals surface area contributed by atoms with Crippen molar-refractivity contribution >= 4 is 23.3 Å². The molecule has 0 aliphatic carbocycles. The largest absolute Gasteiger partial charge is 0.463 e. The van der Waals surface area contributed by atoms with Crippen molar-refractivity contribution in [2.75, 3.05) is 20.6 Å². The fraction of sp³-hybridized carbons (Fsp3) is 0.250. The Labute approximate surface area is 180 Å². The van der Waals surface area contributed by atoms with Gasteiger partial charge in [-0.2, -0.15) is 0 Å². The van der Waals surface area contributed by atoms with Crippen LogP contribution in [0.5, 0.6) is 0 Å². The zero-order chi connectivity index (χ0) is 21.3. The number of ketones is 1. The second kappa shape index (κ2) is 8.46. The van der Waals surface area contributed by atoms with Crippen LogP contribution in [0.2, 0.25) is 5.02 Å². The first-order valence-electron chi connectivity index (χ1n) is 9.85. The van der Waals surface area contributed by atoms with Gasteiger partial charge in [0, 0.05) is 28.3 Å².